The highest BCUT2D eigenvalue weighted by atomic mass is 79.9. The van der Waals surface area contributed by atoms with Crippen LogP contribution in [0.1, 0.15) is 15.9 Å². The number of ether oxygens (including phenoxy) is 6. The van der Waals surface area contributed by atoms with Crippen molar-refractivity contribution in [3.63, 3.8) is 0 Å². The summed E-state index contributed by atoms with van der Waals surface area (Å²) in [4.78, 5) is 12.7. The Hall–Kier alpha value is -3.13. The fraction of sp³-hybridized carbons (Fsp3) is 0.227. The predicted octanol–water partition coefficient (Wildman–Crippen LogP) is 4.69. The molecule has 0 unspecified atom stereocenters. The van der Waals surface area contributed by atoms with E-state index < -0.39 is 0 Å². The van der Waals surface area contributed by atoms with Crippen LogP contribution in [0, 0.1) is 0 Å². The fourth-order valence-corrected chi connectivity index (χ4v) is 4.65. The van der Waals surface area contributed by atoms with Gasteiger partial charge in [-0.3, -0.25) is 0 Å². The Balaban J connectivity index is 1.92. The summed E-state index contributed by atoms with van der Waals surface area (Å²) in [7, 11) is 4.64. The number of cyclic esters (lactones) is 1. The highest BCUT2D eigenvalue weighted by Crippen LogP contribution is 2.52. The number of carbonyl (C=O) groups is 1. The fourth-order valence-electron chi connectivity index (χ4n) is 3.99. The van der Waals surface area contributed by atoms with Gasteiger partial charge in [-0.05, 0) is 51.0 Å². The molecule has 7 nitrogen and oxygen atoms in total. The third kappa shape index (κ3) is 2.60. The number of benzene rings is 3. The number of esters is 1. The van der Waals surface area contributed by atoms with Crippen molar-refractivity contribution in [3.8, 4) is 39.9 Å². The van der Waals surface area contributed by atoms with E-state index in [0.29, 0.717) is 49.9 Å². The predicted molar refractivity (Wildman–Crippen MR) is 112 cm³/mol. The third-order valence-corrected chi connectivity index (χ3v) is 6.10. The van der Waals surface area contributed by atoms with E-state index in [0.717, 1.165) is 16.3 Å². The lowest BCUT2D eigenvalue weighted by Gasteiger charge is -2.19. The largest absolute Gasteiger partial charge is 0.493 e. The van der Waals surface area contributed by atoms with Crippen molar-refractivity contribution in [1.82, 2.24) is 0 Å². The Morgan fingerprint density at radius 1 is 0.867 bits per heavy atom. The van der Waals surface area contributed by atoms with Gasteiger partial charge in [0.05, 0.1) is 31.4 Å². The van der Waals surface area contributed by atoms with Crippen LogP contribution >= 0.6 is 15.9 Å². The molecule has 0 spiro atoms. The maximum absolute atomic E-state index is 12.7. The topological polar surface area (TPSA) is 72.5 Å². The Kier molecular flexibility index (Phi) is 4.39. The molecule has 0 aliphatic carbocycles. The molecule has 2 aliphatic heterocycles. The Morgan fingerprint density at radius 2 is 1.60 bits per heavy atom. The first kappa shape index (κ1) is 18.9. The molecule has 5 rings (SSSR count). The minimum atomic E-state index is -0.375. The highest BCUT2D eigenvalue weighted by Gasteiger charge is 2.31. The molecule has 8 heteroatoms. The minimum Gasteiger partial charge on any atom is -0.493 e. The van der Waals surface area contributed by atoms with Gasteiger partial charge in [-0.1, -0.05) is 0 Å². The summed E-state index contributed by atoms with van der Waals surface area (Å²) in [6.45, 7) is 0.379. The number of fused-ring (bicyclic) bond motifs is 3. The molecule has 3 aromatic carbocycles. The van der Waals surface area contributed by atoms with Crippen LogP contribution in [0.3, 0.4) is 0 Å². The van der Waals surface area contributed by atoms with E-state index in [4.69, 9.17) is 28.4 Å². The Labute approximate surface area is 180 Å². The summed E-state index contributed by atoms with van der Waals surface area (Å²) in [5.41, 5.74) is 2.73. The summed E-state index contributed by atoms with van der Waals surface area (Å²) in [6, 6.07) is 7.56. The van der Waals surface area contributed by atoms with Gasteiger partial charge in [-0.2, -0.15) is 0 Å². The molecule has 0 saturated heterocycles. The van der Waals surface area contributed by atoms with Gasteiger partial charge < -0.3 is 28.4 Å². The summed E-state index contributed by atoms with van der Waals surface area (Å²) < 4.78 is 33.7. The van der Waals surface area contributed by atoms with Crippen molar-refractivity contribution < 1.29 is 33.2 Å². The number of hydrogen-bond donors (Lipinski definition) is 0. The SMILES string of the molecule is COc1cc(-c2c3c(cc4cc5c(cc24)OCO5)COC3=O)c(Br)c(OC)c1OC. The van der Waals surface area contributed by atoms with Gasteiger partial charge in [0.25, 0.3) is 0 Å². The van der Waals surface area contributed by atoms with E-state index in [1.807, 2.05) is 24.3 Å². The summed E-state index contributed by atoms with van der Waals surface area (Å²) >= 11 is 3.64. The van der Waals surface area contributed by atoms with Crippen molar-refractivity contribution in [3.05, 3.63) is 39.9 Å². The molecule has 0 radical (unpaired) electrons. The van der Waals surface area contributed by atoms with Crippen molar-refractivity contribution >= 4 is 32.7 Å². The average molecular weight is 473 g/mol. The van der Waals surface area contributed by atoms with Crippen LogP contribution in [0.5, 0.6) is 28.7 Å². The molecular weight excluding hydrogens is 456 g/mol. The van der Waals surface area contributed by atoms with Crippen molar-refractivity contribution in [2.24, 2.45) is 0 Å². The molecular formula is C22H17BrO7. The lowest BCUT2D eigenvalue weighted by molar-refractivity contribution is 0.0535. The average Bonchev–Trinajstić information content (AvgIpc) is 3.36. The monoisotopic (exact) mass is 472 g/mol. The summed E-state index contributed by atoms with van der Waals surface area (Å²) in [5.74, 6) is 2.31. The molecule has 0 bridgehead atoms. The number of methoxy groups -OCH3 is 3. The number of carbonyl (C=O) groups excluding carboxylic acids is 1. The second-order valence-corrected chi connectivity index (χ2v) is 7.59. The van der Waals surface area contributed by atoms with Gasteiger partial charge in [0.15, 0.2) is 23.0 Å². The van der Waals surface area contributed by atoms with E-state index in [-0.39, 0.29) is 19.4 Å². The second-order valence-electron chi connectivity index (χ2n) is 6.80. The Bertz CT molecular complexity index is 1220. The van der Waals surface area contributed by atoms with E-state index in [1.54, 1.807) is 21.3 Å². The van der Waals surface area contributed by atoms with Crippen LogP contribution in [-0.2, 0) is 11.3 Å². The van der Waals surface area contributed by atoms with Crippen molar-refractivity contribution in [1.29, 1.82) is 0 Å². The van der Waals surface area contributed by atoms with E-state index in [2.05, 4.69) is 15.9 Å². The Morgan fingerprint density at radius 3 is 2.30 bits per heavy atom. The zero-order chi connectivity index (χ0) is 21.0. The van der Waals surface area contributed by atoms with Gasteiger partial charge >= 0.3 is 5.97 Å². The zero-order valence-corrected chi connectivity index (χ0v) is 18.0. The van der Waals surface area contributed by atoms with Gasteiger partial charge in [0, 0.05) is 16.7 Å². The molecule has 0 saturated carbocycles. The van der Waals surface area contributed by atoms with Gasteiger partial charge in [0.1, 0.15) is 6.61 Å². The number of hydrogen-bond acceptors (Lipinski definition) is 7. The standard InChI is InChI=1S/C22H17BrO7/c1-25-16-7-13(19(23)21(27-3)20(16)26-2)18-12-6-15-14(29-9-30-15)5-10(12)4-11-8-28-22(24)17(11)18/h4-7H,8-9H2,1-3H3. The molecule has 154 valence electrons. The lowest BCUT2D eigenvalue weighted by Crippen LogP contribution is -2.02. The van der Waals surface area contributed by atoms with Crippen molar-refractivity contribution in [2.45, 2.75) is 6.61 Å². The molecule has 0 fully saturated rings. The molecule has 3 aromatic rings. The molecule has 0 N–H and O–H groups in total. The molecule has 2 aliphatic rings. The van der Waals surface area contributed by atoms with Crippen LogP contribution in [0.4, 0.5) is 0 Å². The normalized spacial score (nSPS) is 13.9. The molecule has 0 atom stereocenters. The number of rotatable bonds is 4. The van der Waals surface area contributed by atoms with Crippen LogP contribution in [0.15, 0.2) is 28.7 Å². The van der Waals surface area contributed by atoms with Crippen LogP contribution in [0.25, 0.3) is 21.9 Å². The van der Waals surface area contributed by atoms with Crippen molar-refractivity contribution in [2.75, 3.05) is 28.1 Å². The third-order valence-electron chi connectivity index (χ3n) is 5.32. The second kappa shape index (κ2) is 6.98. The maximum Gasteiger partial charge on any atom is 0.339 e. The molecule has 0 aromatic heterocycles. The first-order chi connectivity index (χ1) is 14.6. The first-order valence-electron chi connectivity index (χ1n) is 9.12. The molecule has 2 heterocycles. The zero-order valence-electron chi connectivity index (χ0n) is 16.5. The van der Waals surface area contributed by atoms with Gasteiger partial charge in [-0.15, -0.1) is 0 Å². The van der Waals surface area contributed by atoms with Crippen LogP contribution in [0.2, 0.25) is 0 Å². The van der Waals surface area contributed by atoms with Crippen LogP contribution < -0.4 is 23.7 Å². The summed E-state index contributed by atoms with van der Waals surface area (Å²) in [6.07, 6.45) is 0. The maximum atomic E-state index is 12.7. The highest BCUT2D eigenvalue weighted by molar-refractivity contribution is 9.10. The van der Waals surface area contributed by atoms with Gasteiger partial charge in [-0.25, -0.2) is 4.79 Å². The minimum absolute atomic E-state index is 0.163. The smallest absolute Gasteiger partial charge is 0.339 e. The summed E-state index contributed by atoms with van der Waals surface area (Å²) in [5, 5.41) is 1.73. The molecule has 0 amide bonds. The van der Waals surface area contributed by atoms with E-state index >= 15 is 0 Å². The van der Waals surface area contributed by atoms with E-state index in [9.17, 15) is 4.79 Å². The van der Waals surface area contributed by atoms with E-state index in [1.165, 1.54) is 0 Å². The quantitative estimate of drug-likeness (QED) is 0.509. The molecule has 30 heavy (non-hydrogen) atoms. The number of halogens is 1. The first-order valence-corrected chi connectivity index (χ1v) is 9.91. The van der Waals surface area contributed by atoms with Crippen LogP contribution in [-0.4, -0.2) is 34.1 Å². The van der Waals surface area contributed by atoms with Gasteiger partial charge in [0.2, 0.25) is 12.5 Å². The lowest BCUT2D eigenvalue weighted by atomic mass is 9.90.